The van der Waals surface area contributed by atoms with Gasteiger partial charge in [0.05, 0.1) is 6.04 Å². The van der Waals surface area contributed by atoms with Crippen molar-refractivity contribution in [3.05, 3.63) is 35.5 Å². The van der Waals surface area contributed by atoms with Gasteiger partial charge in [-0.3, -0.25) is 4.79 Å². The second-order valence-electron chi connectivity index (χ2n) is 10.2. The van der Waals surface area contributed by atoms with Crippen LogP contribution in [0.15, 0.2) is 24.3 Å². The molecule has 0 spiro atoms. The first-order chi connectivity index (χ1) is 18.7. The molecule has 3 amide bonds. The molecule has 1 atom stereocenters. The lowest BCUT2D eigenvalue weighted by Gasteiger charge is -2.37. The van der Waals surface area contributed by atoms with E-state index in [0.29, 0.717) is 37.5 Å². The highest BCUT2D eigenvalue weighted by molar-refractivity contribution is 5.96. The first-order valence-electron chi connectivity index (χ1n) is 13.2. The number of nitrogens with one attached hydrogen (secondary N) is 2. The number of primary amides is 1. The number of amides is 3. The van der Waals surface area contributed by atoms with Crippen molar-refractivity contribution in [2.75, 3.05) is 56.0 Å². The largest absolute Gasteiger partial charge is 0.406 e. The van der Waals surface area contributed by atoms with Gasteiger partial charge in [-0.1, -0.05) is 12.1 Å². The minimum absolute atomic E-state index is 0.0324. The zero-order chi connectivity index (χ0) is 27.6. The summed E-state index contributed by atoms with van der Waals surface area (Å²) < 4.78 is 38.5. The van der Waals surface area contributed by atoms with Gasteiger partial charge in [0.15, 0.2) is 11.5 Å². The summed E-state index contributed by atoms with van der Waals surface area (Å²) in [4.78, 5) is 33.4. The van der Waals surface area contributed by atoms with Crippen molar-refractivity contribution >= 4 is 29.4 Å². The van der Waals surface area contributed by atoms with E-state index in [1.807, 2.05) is 17.0 Å². The molecule has 11 nitrogen and oxygen atoms in total. The Kier molecular flexibility index (Phi) is 7.73. The number of urea groups is 1. The van der Waals surface area contributed by atoms with Crippen LogP contribution < -0.4 is 21.3 Å². The zero-order valence-corrected chi connectivity index (χ0v) is 21.5. The monoisotopic (exact) mass is 547 g/mol. The molecule has 0 radical (unpaired) electrons. The molecule has 210 valence electrons. The molecular formula is C25H32F3N9O2. The minimum Gasteiger partial charge on any atom is -0.364 e. The predicted molar refractivity (Wildman–Crippen MR) is 138 cm³/mol. The molecule has 1 unspecified atom stereocenters. The SMILES string of the molecule is NC(=O)c1nnc(N2CCCC(N3CCN(CC(F)(F)F)C3=O)C2)nc1Nc1ccc(C2CCNCC2)cc1. The van der Waals surface area contributed by atoms with Crippen molar-refractivity contribution in [3.63, 3.8) is 0 Å². The van der Waals surface area contributed by atoms with Gasteiger partial charge in [0.25, 0.3) is 5.91 Å². The molecule has 0 bridgehead atoms. The average molecular weight is 548 g/mol. The quantitative estimate of drug-likeness (QED) is 0.482. The smallest absolute Gasteiger partial charge is 0.364 e. The Bertz CT molecular complexity index is 1190. The van der Waals surface area contributed by atoms with Crippen LogP contribution >= 0.6 is 0 Å². The van der Waals surface area contributed by atoms with Crippen LogP contribution in [0.4, 0.5) is 35.4 Å². The molecule has 3 fully saturated rings. The molecule has 4 N–H and O–H groups in total. The molecule has 3 aliphatic rings. The van der Waals surface area contributed by atoms with Crippen molar-refractivity contribution < 1.29 is 22.8 Å². The number of benzene rings is 1. The topological polar surface area (TPSA) is 133 Å². The fourth-order valence-electron chi connectivity index (χ4n) is 5.53. The predicted octanol–water partition coefficient (Wildman–Crippen LogP) is 2.45. The van der Waals surface area contributed by atoms with Gasteiger partial charge in [-0.25, -0.2) is 4.79 Å². The fourth-order valence-corrected chi connectivity index (χ4v) is 5.53. The van der Waals surface area contributed by atoms with Crippen LogP contribution in [-0.4, -0.2) is 95.0 Å². The standard InChI is InChI=1S/C25H32F3N9O2/c26-25(27,28)15-36-12-13-37(24(36)39)19-2-1-11-35(14-19)23-32-22(20(21(29)38)33-34-23)31-18-5-3-16(4-6-18)17-7-9-30-10-8-17/h3-6,17,19,30H,1-2,7-15H2,(H2,29,38)(H,31,32,34). The summed E-state index contributed by atoms with van der Waals surface area (Å²) in [5, 5.41) is 14.6. The molecule has 14 heteroatoms. The Morgan fingerprint density at radius 1 is 1.08 bits per heavy atom. The first kappa shape index (κ1) is 26.9. The van der Waals surface area contributed by atoms with Crippen LogP contribution in [0.3, 0.4) is 0 Å². The Morgan fingerprint density at radius 2 is 1.82 bits per heavy atom. The van der Waals surface area contributed by atoms with E-state index >= 15 is 0 Å². The summed E-state index contributed by atoms with van der Waals surface area (Å²) in [6, 6.07) is 7.06. The number of hydrogen-bond donors (Lipinski definition) is 3. The van der Waals surface area contributed by atoms with E-state index in [0.717, 1.165) is 30.8 Å². The summed E-state index contributed by atoms with van der Waals surface area (Å²) in [5.74, 6) is 0.137. The van der Waals surface area contributed by atoms with E-state index in [9.17, 15) is 22.8 Å². The van der Waals surface area contributed by atoms with E-state index in [2.05, 4.69) is 37.9 Å². The molecule has 3 aliphatic heterocycles. The summed E-state index contributed by atoms with van der Waals surface area (Å²) in [7, 11) is 0. The number of aromatic nitrogens is 3. The number of anilines is 3. The lowest BCUT2D eigenvalue weighted by molar-refractivity contribution is -0.138. The van der Waals surface area contributed by atoms with Crippen molar-refractivity contribution in [1.82, 2.24) is 30.3 Å². The normalized spacial score (nSPS) is 20.9. The van der Waals surface area contributed by atoms with Gasteiger partial charge >= 0.3 is 12.2 Å². The van der Waals surface area contributed by atoms with Crippen LogP contribution in [0.2, 0.25) is 0 Å². The lowest BCUT2D eigenvalue weighted by atomic mass is 9.90. The maximum absolute atomic E-state index is 12.8. The number of rotatable bonds is 7. The highest BCUT2D eigenvalue weighted by atomic mass is 19.4. The highest BCUT2D eigenvalue weighted by Gasteiger charge is 2.41. The number of alkyl halides is 3. The average Bonchev–Trinajstić information content (AvgIpc) is 3.27. The van der Waals surface area contributed by atoms with Gasteiger partial charge in [0.1, 0.15) is 6.54 Å². The molecule has 1 aromatic carbocycles. The maximum Gasteiger partial charge on any atom is 0.406 e. The van der Waals surface area contributed by atoms with E-state index in [-0.39, 0.29) is 36.6 Å². The Balaban J connectivity index is 1.29. The molecule has 4 heterocycles. The van der Waals surface area contributed by atoms with Crippen molar-refractivity contribution in [3.8, 4) is 0 Å². The molecule has 0 saturated carbocycles. The minimum atomic E-state index is -4.44. The molecule has 3 saturated heterocycles. The van der Waals surface area contributed by atoms with Crippen molar-refractivity contribution in [1.29, 1.82) is 0 Å². The second-order valence-corrected chi connectivity index (χ2v) is 10.2. The van der Waals surface area contributed by atoms with Gasteiger partial charge in [-0.2, -0.15) is 18.2 Å². The van der Waals surface area contributed by atoms with Gasteiger partial charge in [-0.15, -0.1) is 10.2 Å². The molecule has 0 aliphatic carbocycles. The van der Waals surface area contributed by atoms with Crippen molar-refractivity contribution in [2.24, 2.45) is 5.73 Å². The Hall–Kier alpha value is -3.68. The van der Waals surface area contributed by atoms with E-state index < -0.39 is 24.7 Å². The van der Waals surface area contributed by atoms with E-state index in [1.165, 1.54) is 10.5 Å². The third-order valence-electron chi connectivity index (χ3n) is 7.51. The molecule has 2 aromatic rings. The number of nitrogens with two attached hydrogens (primary N) is 1. The molecule has 39 heavy (non-hydrogen) atoms. The number of carbonyl (C=O) groups is 2. The van der Waals surface area contributed by atoms with Crippen LogP contribution in [-0.2, 0) is 0 Å². The lowest BCUT2D eigenvalue weighted by Crippen LogP contribution is -2.50. The van der Waals surface area contributed by atoms with Gasteiger partial charge in [0, 0.05) is 31.9 Å². The third kappa shape index (κ3) is 6.32. The molecular weight excluding hydrogens is 515 g/mol. The molecule has 5 rings (SSSR count). The van der Waals surface area contributed by atoms with Crippen LogP contribution in [0.1, 0.15) is 47.7 Å². The van der Waals surface area contributed by atoms with Gasteiger partial charge in [0.2, 0.25) is 5.95 Å². The Labute approximate surface area is 223 Å². The summed E-state index contributed by atoms with van der Waals surface area (Å²) in [5.41, 5.74) is 7.39. The van der Waals surface area contributed by atoms with Crippen LogP contribution in [0, 0.1) is 0 Å². The van der Waals surface area contributed by atoms with Gasteiger partial charge < -0.3 is 31.1 Å². The highest BCUT2D eigenvalue weighted by Crippen LogP contribution is 2.29. The Morgan fingerprint density at radius 3 is 2.51 bits per heavy atom. The number of hydrogen-bond acceptors (Lipinski definition) is 8. The number of piperidine rings is 2. The number of nitrogens with zero attached hydrogens (tertiary/aromatic N) is 6. The number of carbonyl (C=O) groups excluding carboxylic acids is 2. The summed E-state index contributed by atoms with van der Waals surface area (Å²) in [6.07, 6.45) is -0.933. The number of halogens is 3. The van der Waals surface area contributed by atoms with Crippen LogP contribution in [0.25, 0.3) is 0 Å². The van der Waals surface area contributed by atoms with Crippen LogP contribution in [0.5, 0.6) is 0 Å². The molecule has 1 aromatic heterocycles. The van der Waals surface area contributed by atoms with Crippen molar-refractivity contribution in [2.45, 2.75) is 43.8 Å². The third-order valence-corrected chi connectivity index (χ3v) is 7.51. The van der Waals surface area contributed by atoms with E-state index in [1.54, 1.807) is 0 Å². The zero-order valence-electron chi connectivity index (χ0n) is 21.5. The second kappa shape index (κ2) is 11.2. The summed E-state index contributed by atoms with van der Waals surface area (Å²) >= 11 is 0. The first-order valence-corrected chi connectivity index (χ1v) is 13.2. The fraction of sp³-hybridized carbons (Fsp3) is 0.560. The summed E-state index contributed by atoms with van der Waals surface area (Å²) in [6.45, 7) is 1.92. The maximum atomic E-state index is 12.8. The van der Waals surface area contributed by atoms with E-state index in [4.69, 9.17) is 5.73 Å². The van der Waals surface area contributed by atoms with Gasteiger partial charge in [-0.05, 0) is 62.4 Å².